The highest BCUT2D eigenvalue weighted by Crippen LogP contribution is 2.34. The summed E-state index contributed by atoms with van der Waals surface area (Å²) in [5, 5.41) is 0.910. The SMILES string of the molecule is CN1CCCN(c2ccc3ccn(S(=O)(=O)c4ccc5c(c4)OCCN5C)c3c2)CC1. The maximum absolute atomic E-state index is 13.5. The van der Waals surface area contributed by atoms with Crippen LogP contribution in [-0.4, -0.2) is 70.7 Å². The van der Waals surface area contributed by atoms with Gasteiger partial charge in [0.15, 0.2) is 0 Å². The van der Waals surface area contributed by atoms with Crippen LogP contribution in [0.5, 0.6) is 5.75 Å². The van der Waals surface area contributed by atoms with E-state index in [0.29, 0.717) is 17.9 Å². The van der Waals surface area contributed by atoms with Gasteiger partial charge in [0, 0.05) is 50.0 Å². The van der Waals surface area contributed by atoms with Crippen molar-refractivity contribution in [1.82, 2.24) is 8.87 Å². The molecule has 0 N–H and O–H groups in total. The van der Waals surface area contributed by atoms with Crippen molar-refractivity contribution in [3.8, 4) is 5.75 Å². The van der Waals surface area contributed by atoms with Gasteiger partial charge in [-0.05, 0) is 50.3 Å². The van der Waals surface area contributed by atoms with Crippen LogP contribution in [0.1, 0.15) is 6.42 Å². The Hall–Kier alpha value is -2.71. The van der Waals surface area contributed by atoms with Crippen LogP contribution >= 0.6 is 0 Å². The molecule has 1 saturated heterocycles. The molecule has 1 fully saturated rings. The molecule has 0 atom stereocenters. The van der Waals surface area contributed by atoms with Crippen molar-refractivity contribution in [2.24, 2.45) is 0 Å². The highest BCUT2D eigenvalue weighted by atomic mass is 32.2. The predicted molar refractivity (Wildman–Crippen MR) is 124 cm³/mol. The fraction of sp³-hybridized carbons (Fsp3) is 0.391. The van der Waals surface area contributed by atoms with Crippen LogP contribution in [-0.2, 0) is 10.0 Å². The maximum atomic E-state index is 13.5. The predicted octanol–water partition coefficient (Wildman–Crippen LogP) is 2.85. The lowest BCUT2D eigenvalue weighted by atomic mass is 10.2. The number of hydrogen-bond donors (Lipinski definition) is 0. The smallest absolute Gasteiger partial charge is 0.268 e. The van der Waals surface area contributed by atoms with E-state index >= 15 is 0 Å². The molecule has 0 unspecified atom stereocenters. The third kappa shape index (κ3) is 3.64. The molecular formula is C23H28N4O3S. The second kappa shape index (κ2) is 7.76. The molecule has 3 heterocycles. The summed E-state index contributed by atoms with van der Waals surface area (Å²) in [5.41, 5.74) is 2.68. The van der Waals surface area contributed by atoms with E-state index in [1.807, 2.05) is 31.3 Å². The Labute approximate surface area is 183 Å². The standard InChI is InChI=1S/C23H28N4O3S/c1-24-9-3-10-26(13-12-24)19-5-4-18-8-11-27(22(18)16-19)31(28,29)20-6-7-21-23(17-20)30-15-14-25(21)2/h4-8,11,16-17H,3,9-10,12-15H2,1-2H3. The van der Waals surface area contributed by atoms with Crippen LogP contribution in [0.15, 0.2) is 53.6 Å². The molecule has 31 heavy (non-hydrogen) atoms. The van der Waals surface area contributed by atoms with E-state index in [0.717, 1.165) is 55.9 Å². The molecule has 0 aliphatic carbocycles. The molecule has 0 spiro atoms. The van der Waals surface area contributed by atoms with E-state index < -0.39 is 10.0 Å². The van der Waals surface area contributed by atoms with E-state index in [1.165, 1.54) is 3.97 Å². The molecule has 0 radical (unpaired) electrons. The van der Waals surface area contributed by atoms with Crippen LogP contribution < -0.4 is 14.5 Å². The van der Waals surface area contributed by atoms with Crippen LogP contribution in [0.4, 0.5) is 11.4 Å². The van der Waals surface area contributed by atoms with Gasteiger partial charge in [0.25, 0.3) is 10.0 Å². The first-order chi connectivity index (χ1) is 14.9. The summed E-state index contributed by atoms with van der Waals surface area (Å²) in [6.45, 7) is 5.33. The number of nitrogens with zero attached hydrogens (tertiary/aromatic N) is 4. The van der Waals surface area contributed by atoms with E-state index in [9.17, 15) is 8.42 Å². The van der Waals surface area contributed by atoms with Gasteiger partial charge in [0.05, 0.1) is 22.6 Å². The van der Waals surface area contributed by atoms with Crippen LogP contribution in [0, 0.1) is 0 Å². The number of aromatic nitrogens is 1. The van der Waals surface area contributed by atoms with Crippen molar-refractivity contribution in [2.75, 3.05) is 63.2 Å². The molecule has 3 aromatic rings. The van der Waals surface area contributed by atoms with Crippen LogP contribution in [0.2, 0.25) is 0 Å². The van der Waals surface area contributed by atoms with Gasteiger partial charge in [-0.3, -0.25) is 0 Å². The van der Waals surface area contributed by atoms with Gasteiger partial charge < -0.3 is 19.4 Å². The summed E-state index contributed by atoms with van der Waals surface area (Å²) in [5.74, 6) is 0.612. The Bertz CT molecular complexity index is 1220. The van der Waals surface area contributed by atoms with Crippen molar-refractivity contribution in [2.45, 2.75) is 11.3 Å². The second-order valence-electron chi connectivity index (χ2n) is 8.40. The largest absolute Gasteiger partial charge is 0.490 e. The minimum atomic E-state index is -3.75. The summed E-state index contributed by atoms with van der Waals surface area (Å²) in [6, 6.07) is 13.1. The quantitative estimate of drug-likeness (QED) is 0.624. The first kappa shape index (κ1) is 20.2. The molecule has 164 valence electrons. The van der Waals surface area contributed by atoms with E-state index in [4.69, 9.17) is 4.74 Å². The number of likely N-dealkylation sites (N-methyl/N-ethyl adjacent to an activating group) is 2. The topological polar surface area (TPSA) is 58.0 Å². The molecule has 0 saturated carbocycles. The van der Waals surface area contributed by atoms with Crippen LogP contribution in [0.25, 0.3) is 10.9 Å². The van der Waals surface area contributed by atoms with Gasteiger partial charge in [0.2, 0.25) is 0 Å². The fourth-order valence-electron chi connectivity index (χ4n) is 4.42. The lowest BCUT2D eigenvalue weighted by molar-refractivity contribution is 0.310. The lowest BCUT2D eigenvalue weighted by Gasteiger charge is -2.28. The molecule has 1 aromatic heterocycles. The van der Waals surface area contributed by atoms with Gasteiger partial charge in [-0.2, -0.15) is 0 Å². The van der Waals surface area contributed by atoms with Crippen molar-refractivity contribution in [3.05, 3.63) is 48.7 Å². The molecule has 8 heteroatoms. The number of rotatable bonds is 3. The second-order valence-corrected chi connectivity index (χ2v) is 10.2. The molecular weight excluding hydrogens is 412 g/mol. The molecule has 2 aromatic carbocycles. The van der Waals surface area contributed by atoms with Gasteiger partial charge in [-0.15, -0.1) is 0 Å². The van der Waals surface area contributed by atoms with Gasteiger partial charge in [-0.1, -0.05) is 6.07 Å². The fourth-order valence-corrected chi connectivity index (χ4v) is 5.78. The van der Waals surface area contributed by atoms with Gasteiger partial charge in [-0.25, -0.2) is 12.4 Å². The molecule has 0 bridgehead atoms. The minimum absolute atomic E-state index is 0.237. The van der Waals surface area contributed by atoms with Crippen molar-refractivity contribution in [1.29, 1.82) is 0 Å². The number of fused-ring (bicyclic) bond motifs is 2. The number of anilines is 2. The summed E-state index contributed by atoms with van der Waals surface area (Å²) in [7, 11) is 0.381. The number of hydrogen-bond acceptors (Lipinski definition) is 6. The third-order valence-electron chi connectivity index (χ3n) is 6.31. The van der Waals surface area contributed by atoms with E-state index in [2.05, 4.69) is 27.8 Å². The van der Waals surface area contributed by atoms with Gasteiger partial charge >= 0.3 is 0 Å². The first-order valence-electron chi connectivity index (χ1n) is 10.7. The molecule has 7 nitrogen and oxygen atoms in total. The molecule has 2 aliphatic heterocycles. The first-order valence-corrected chi connectivity index (χ1v) is 12.2. The normalized spacial score (nSPS) is 18.0. The van der Waals surface area contributed by atoms with Crippen molar-refractivity contribution in [3.63, 3.8) is 0 Å². The number of ether oxygens (including phenoxy) is 1. The van der Waals surface area contributed by atoms with Crippen LogP contribution in [0.3, 0.4) is 0 Å². The third-order valence-corrected chi connectivity index (χ3v) is 8.00. The van der Waals surface area contributed by atoms with Crippen molar-refractivity contribution < 1.29 is 13.2 Å². The molecule has 0 amide bonds. The number of benzene rings is 2. The van der Waals surface area contributed by atoms with E-state index in [-0.39, 0.29) is 4.90 Å². The summed E-state index contributed by atoms with van der Waals surface area (Å²) < 4.78 is 34.2. The zero-order valence-corrected chi connectivity index (χ0v) is 18.8. The maximum Gasteiger partial charge on any atom is 0.268 e. The van der Waals surface area contributed by atoms with E-state index in [1.54, 1.807) is 18.3 Å². The lowest BCUT2D eigenvalue weighted by Crippen LogP contribution is -2.29. The van der Waals surface area contributed by atoms with Gasteiger partial charge in [0.1, 0.15) is 12.4 Å². The summed E-state index contributed by atoms with van der Waals surface area (Å²) in [6.07, 6.45) is 2.74. The highest BCUT2D eigenvalue weighted by Gasteiger charge is 2.24. The Balaban J connectivity index is 1.53. The zero-order chi connectivity index (χ0) is 21.6. The Morgan fingerprint density at radius 2 is 1.77 bits per heavy atom. The Morgan fingerprint density at radius 3 is 2.65 bits per heavy atom. The Kier molecular flexibility index (Phi) is 5.06. The molecule has 5 rings (SSSR count). The summed E-state index contributed by atoms with van der Waals surface area (Å²) in [4.78, 5) is 6.99. The minimum Gasteiger partial charge on any atom is -0.490 e. The average molecular weight is 441 g/mol. The Morgan fingerprint density at radius 1 is 0.903 bits per heavy atom. The monoisotopic (exact) mass is 440 g/mol. The zero-order valence-electron chi connectivity index (χ0n) is 18.0. The molecule has 2 aliphatic rings. The average Bonchev–Trinajstić information content (AvgIpc) is 3.08. The summed E-state index contributed by atoms with van der Waals surface area (Å²) >= 11 is 0. The highest BCUT2D eigenvalue weighted by molar-refractivity contribution is 7.90. The van der Waals surface area contributed by atoms with Crippen molar-refractivity contribution >= 4 is 32.3 Å².